The van der Waals surface area contributed by atoms with Crippen molar-refractivity contribution in [1.29, 1.82) is 0 Å². The molecule has 10 nitrogen and oxygen atoms in total. The molecule has 4 heterocycles. The van der Waals surface area contributed by atoms with Gasteiger partial charge in [-0.25, -0.2) is 53.6 Å². The Morgan fingerprint density at radius 2 is 0.519 bits per heavy atom. The van der Waals surface area contributed by atoms with Gasteiger partial charge in [-0.3, -0.25) is 0 Å². The van der Waals surface area contributed by atoms with Crippen LogP contribution >= 0.6 is 0 Å². The summed E-state index contributed by atoms with van der Waals surface area (Å²) in [6.45, 7) is 0. The molecule has 0 fully saturated rings. The lowest BCUT2D eigenvalue weighted by atomic mass is 9.99. The van der Waals surface area contributed by atoms with Crippen LogP contribution in [0.15, 0.2) is 255 Å². The first-order chi connectivity index (χ1) is 40.0. The molecule has 14 aromatic rings. The average molecular weight is 1050 g/mol. The number of fused-ring (bicyclic) bond motifs is 3. The molecule has 382 valence electrons. The Labute approximate surface area is 463 Å². The van der Waals surface area contributed by atoms with Crippen molar-refractivity contribution >= 4 is 21.8 Å². The van der Waals surface area contributed by atoms with Crippen LogP contribution in [-0.4, -0.2) is 49.4 Å². The van der Waals surface area contributed by atoms with Crippen molar-refractivity contribution in [2.24, 2.45) is 0 Å². The summed E-state index contributed by atoms with van der Waals surface area (Å²) in [4.78, 5) is 45.6. The Balaban J connectivity index is 1.06. The van der Waals surface area contributed by atoms with Gasteiger partial charge in [0.2, 0.25) is 0 Å². The molecule has 10 aromatic carbocycles. The normalized spacial score (nSPS) is 11.3. The third-order valence-electron chi connectivity index (χ3n) is 14.1. The molecule has 0 aliphatic carbocycles. The summed E-state index contributed by atoms with van der Waals surface area (Å²) in [5, 5.41) is 1.72. The zero-order chi connectivity index (χ0) is 54.2. The lowest BCUT2D eigenvalue weighted by molar-refractivity contribution is 0.511. The highest BCUT2D eigenvalue weighted by molar-refractivity contribution is 6.11. The van der Waals surface area contributed by atoms with Gasteiger partial charge in [0.25, 0.3) is 0 Å². The van der Waals surface area contributed by atoms with Crippen molar-refractivity contribution < 1.29 is 8.78 Å². The molecule has 81 heavy (non-hydrogen) atoms. The van der Waals surface area contributed by atoms with Gasteiger partial charge >= 0.3 is 0 Å². The van der Waals surface area contributed by atoms with Crippen molar-refractivity contribution in [3.05, 3.63) is 266 Å². The van der Waals surface area contributed by atoms with E-state index >= 15 is 8.78 Å². The van der Waals surface area contributed by atoms with Crippen LogP contribution in [0.2, 0.25) is 0 Å². The maximum absolute atomic E-state index is 16.7. The molecule has 0 spiro atoms. The van der Waals surface area contributed by atoms with Gasteiger partial charge in [0.05, 0.1) is 16.7 Å². The second kappa shape index (κ2) is 20.7. The summed E-state index contributed by atoms with van der Waals surface area (Å²) in [6, 6.07) is 80.8. The topological polar surface area (TPSA) is 121 Å². The molecular weight excluding hydrogens is 1010 g/mol. The van der Waals surface area contributed by atoms with Crippen LogP contribution in [0.3, 0.4) is 0 Å². The van der Waals surface area contributed by atoms with Crippen LogP contribution < -0.4 is 0 Å². The third kappa shape index (κ3) is 9.32. The first kappa shape index (κ1) is 48.3. The number of aromatic nitrogens is 10. The van der Waals surface area contributed by atoms with Gasteiger partial charge in [-0.15, -0.1) is 0 Å². The predicted octanol–water partition coefficient (Wildman–Crippen LogP) is 16.3. The second-order valence-corrected chi connectivity index (χ2v) is 19.2. The van der Waals surface area contributed by atoms with Crippen LogP contribution in [-0.2, 0) is 0 Å². The molecule has 0 N–H and O–H groups in total. The van der Waals surface area contributed by atoms with E-state index in [1.807, 2.05) is 218 Å². The Morgan fingerprint density at radius 1 is 0.235 bits per heavy atom. The number of hydrogen-bond donors (Lipinski definition) is 0. The molecule has 0 saturated carbocycles. The maximum atomic E-state index is 16.7. The Kier molecular flexibility index (Phi) is 12.3. The first-order valence-electron chi connectivity index (χ1n) is 26.2. The molecule has 0 aliphatic heterocycles. The first-order valence-corrected chi connectivity index (χ1v) is 26.2. The molecule has 0 unspecified atom stereocenters. The van der Waals surface area contributed by atoms with E-state index in [4.69, 9.17) is 44.9 Å². The highest BCUT2D eigenvalue weighted by Gasteiger charge is 2.24. The zero-order valence-electron chi connectivity index (χ0n) is 43.0. The largest absolute Gasteiger partial charge is 0.309 e. The van der Waals surface area contributed by atoms with Gasteiger partial charge in [-0.2, -0.15) is 0 Å². The molecule has 0 bridgehead atoms. The molecule has 0 aliphatic rings. The summed E-state index contributed by atoms with van der Waals surface area (Å²) < 4.78 is 34.4. The van der Waals surface area contributed by atoms with E-state index in [1.165, 1.54) is 6.07 Å². The van der Waals surface area contributed by atoms with Gasteiger partial charge in [0.1, 0.15) is 0 Å². The van der Waals surface area contributed by atoms with E-state index in [0.717, 1.165) is 50.2 Å². The highest BCUT2D eigenvalue weighted by Crippen LogP contribution is 2.42. The Bertz CT molecular complexity index is 4290. The quantitative estimate of drug-likeness (QED) is 0.125. The lowest BCUT2D eigenvalue weighted by Gasteiger charge is -2.17. The monoisotopic (exact) mass is 1050 g/mol. The number of hydrogen-bond acceptors (Lipinski definition) is 9. The zero-order valence-corrected chi connectivity index (χ0v) is 43.0. The molecule has 12 heteroatoms. The number of rotatable bonds is 11. The minimum Gasteiger partial charge on any atom is -0.309 e. The van der Waals surface area contributed by atoms with Gasteiger partial charge in [-0.05, 0) is 24.3 Å². The second-order valence-electron chi connectivity index (χ2n) is 19.2. The lowest BCUT2D eigenvalue weighted by Crippen LogP contribution is -2.03. The standard InChI is InChI=1S/C69H42F2N10/c70-56-33-19-32-55(60(56)71)54-39-36-51(69-79-65(47-28-15-5-16-29-47)74-66(80-69)48-30-17-6-18-31-48)42-59(54)81-57-40-49(67-75-61(43-20-7-1-8-21-43)72-62(76-67)44-22-9-2-10-23-44)34-37-52(57)53-38-35-50(41-58(53)81)68-77-63(45-24-11-3-12-25-45)73-64(78-68)46-26-13-4-14-27-46/h1-42H. The maximum Gasteiger partial charge on any atom is 0.166 e. The van der Waals surface area contributed by atoms with Crippen LogP contribution in [0.1, 0.15) is 0 Å². The molecule has 0 amide bonds. The molecule has 0 atom stereocenters. The molecular formula is C69H42F2N10. The summed E-state index contributed by atoms with van der Waals surface area (Å²) in [5.74, 6) is 2.23. The van der Waals surface area contributed by atoms with Crippen molar-refractivity contribution in [1.82, 2.24) is 49.4 Å². The molecule has 0 saturated heterocycles. The minimum atomic E-state index is -0.995. The summed E-state index contributed by atoms with van der Waals surface area (Å²) >= 11 is 0. The van der Waals surface area contributed by atoms with Crippen LogP contribution in [0, 0.1) is 11.6 Å². The summed E-state index contributed by atoms with van der Waals surface area (Å²) in [7, 11) is 0. The number of halogens is 2. The average Bonchev–Trinajstić information content (AvgIpc) is 3.89. The highest BCUT2D eigenvalue weighted by atomic mass is 19.2. The van der Waals surface area contributed by atoms with E-state index in [1.54, 1.807) is 12.1 Å². The SMILES string of the molecule is Fc1cccc(-c2ccc(-c3nc(-c4ccccc4)nc(-c4ccccc4)n3)cc2-n2c3cc(-c4nc(-c5ccccc5)nc(-c5ccccc5)n4)ccc3c3ccc(-c4nc(-c5ccccc5)nc(-c5ccccc5)n4)cc32)c1F. The fraction of sp³-hybridized carbons (Fsp3) is 0. The predicted molar refractivity (Wildman–Crippen MR) is 315 cm³/mol. The van der Waals surface area contributed by atoms with Crippen LogP contribution in [0.5, 0.6) is 0 Å². The minimum absolute atomic E-state index is 0.0550. The fourth-order valence-corrected chi connectivity index (χ4v) is 10.2. The van der Waals surface area contributed by atoms with Gasteiger partial charge in [0, 0.05) is 72.0 Å². The summed E-state index contributed by atoms with van der Waals surface area (Å²) in [5.41, 5.74) is 9.28. The fourth-order valence-electron chi connectivity index (χ4n) is 10.2. The van der Waals surface area contributed by atoms with Crippen molar-refractivity contribution in [2.45, 2.75) is 0 Å². The van der Waals surface area contributed by atoms with E-state index in [2.05, 4.69) is 16.7 Å². The Hall–Kier alpha value is -11.1. The van der Waals surface area contributed by atoms with Gasteiger partial charge in [-0.1, -0.05) is 231 Å². The number of benzene rings is 10. The van der Waals surface area contributed by atoms with Gasteiger partial charge < -0.3 is 4.57 Å². The van der Waals surface area contributed by atoms with Crippen molar-refractivity contribution in [2.75, 3.05) is 0 Å². The molecule has 14 rings (SSSR count). The van der Waals surface area contributed by atoms with Gasteiger partial charge in [0.15, 0.2) is 64.1 Å². The van der Waals surface area contributed by atoms with E-state index in [0.29, 0.717) is 91.4 Å². The van der Waals surface area contributed by atoms with E-state index in [9.17, 15) is 0 Å². The van der Waals surface area contributed by atoms with Crippen LogP contribution in [0.25, 0.3) is 141 Å². The van der Waals surface area contributed by atoms with Crippen molar-refractivity contribution in [3.8, 4) is 119 Å². The third-order valence-corrected chi connectivity index (χ3v) is 14.1. The number of nitrogens with zero attached hydrogens (tertiary/aromatic N) is 10. The smallest absolute Gasteiger partial charge is 0.166 e. The van der Waals surface area contributed by atoms with Crippen LogP contribution in [0.4, 0.5) is 8.78 Å². The van der Waals surface area contributed by atoms with E-state index in [-0.39, 0.29) is 5.56 Å². The van der Waals surface area contributed by atoms with E-state index < -0.39 is 11.6 Å². The molecule has 4 aromatic heterocycles. The van der Waals surface area contributed by atoms with Crippen molar-refractivity contribution in [3.63, 3.8) is 0 Å². The summed E-state index contributed by atoms with van der Waals surface area (Å²) in [6.07, 6.45) is 0. The molecule has 0 radical (unpaired) electrons. The Morgan fingerprint density at radius 3 is 0.840 bits per heavy atom.